The fraction of sp³-hybridized carbons (Fsp3) is 0.138. The molecule has 0 saturated carbocycles. The average molecular weight is 622 g/mol. The number of para-hydroxylation sites is 2. The number of amides is 2. The van der Waals surface area contributed by atoms with E-state index in [1.165, 1.54) is 16.7 Å². The molecule has 0 aliphatic carbocycles. The van der Waals surface area contributed by atoms with E-state index in [1.807, 2.05) is 25.1 Å². The van der Waals surface area contributed by atoms with Crippen molar-refractivity contribution in [2.45, 2.75) is 22.6 Å². The lowest BCUT2D eigenvalue weighted by Crippen LogP contribution is -2.53. The number of anilines is 2. The van der Waals surface area contributed by atoms with Crippen molar-refractivity contribution in [3.05, 3.63) is 109 Å². The van der Waals surface area contributed by atoms with Gasteiger partial charge in [0.25, 0.3) is 11.8 Å². The van der Waals surface area contributed by atoms with E-state index in [2.05, 4.69) is 10.2 Å². The molecule has 2 aromatic heterocycles. The second-order valence-corrected chi connectivity index (χ2v) is 12.4. The summed E-state index contributed by atoms with van der Waals surface area (Å²) < 4.78 is 6.62. The lowest BCUT2D eigenvalue weighted by Gasteiger charge is -2.31. The molecule has 2 aliphatic rings. The number of halogens is 2. The summed E-state index contributed by atoms with van der Waals surface area (Å²) in [4.78, 5) is 45.6. The summed E-state index contributed by atoms with van der Waals surface area (Å²) in [5.74, 6) is -0.737. The van der Waals surface area contributed by atoms with Gasteiger partial charge in [-0.25, -0.2) is 0 Å². The second kappa shape index (κ2) is 9.70. The normalized spacial score (nSPS) is 17.6. The SMILES string of the molecule is CCN1C(=O)C2(c3ccccc31)c1c(oc3ccccc3c1=O)C(=O)N2c1nnc(SCc2ccc(Cl)cc2Cl)s1. The minimum Gasteiger partial charge on any atom is -0.450 e. The molecule has 204 valence electrons. The Hall–Kier alpha value is -3.70. The van der Waals surface area contributed by atoms with E-state index in [0.717, 1.165) is 16.9 Å². The van der Waals surface area contributed by atoms with Crippen LogP contribution in [0.15, 0.2) is 80.3 Å². The minimum absolute atomic E-state index is 0.00745. The molecular formula is C29H18Cl2N4O4S2. The maximum absolute atomic E-state index is 14.5. The van der Waals surface area contributed by atoms with Crippen LogP contribution in [-0.2, 0) is 16.1 Å². The molecule has 3 aromatic carbocycles. The van der Waals surface area contributed by atoms with Gasteiger partial charge in [-0.05, 0) is 42.8 Å². The first-order valence-electron chi connectivity index (χ1n) is 12.6. The zero-order valence-electron chi connectivity index (χ0n) is 21.3. The van der Waals surface area contributed by atoms with Crippen LogP contribution in [0.25, 0.3) is 11.0 Å². The Labute approximate surface area is 251 Å². The van der Waals surface area contributed by atoms with Gasteiger partial charge in [-0.1, -0.05) is 82.7 Å². The van der Waals surface area contributed by atoms with Gasteiger partial charge in [0.2, 0.25) is 10.9 Å². The van der Waals surface area contributed by atoms with Crippen molar-refractivity contribution in [1.82, 2.24) is 10.2 Å². The van der Waals surface area contributed by atoms with E-state index < -0.39 is 22.8 Å². The van der Waals surface area contributed by atoms with E-state index in [0.29, 0.717) is 37.9 Å². The fourth-order valence-corrected chi connectivity index (χ4v) is 8.00. The highest BCUT2D eigenvalue weighted by atomic mass is 35.5. The maximum atomic E-state index is 14.5. The highest BCUT2D eigenvalue weighted by Crippen LogP contribution is 2.54. The van der Waals surface area contributed by atoms with E-state index >= 15 is 0 Å². The van der Waals surface area contributed by atoms with Crippen LogP contribution in [0.5, 0.6) is 0 Å². The Bertz CT molecular complexity index is 1980. The Balaban J connectivity index is 1.41. The predicted molar refractivity (Wildman–Crippen MR) is 160 cm³/mol. The number of hydrogen-bond donors (Lipinski definition) is 0. The molecule has 0 fully saturated rings. The summed E-state index contributed by atoms with van der Waals surface area (Å²) in [6.07, 6.45) is 0. The molecule has 7 rings (SSSR count). The van der Waals surface area contributed by atoms with Crippen molar-refractivity contribution < 1.29 is 14.0 Å². The van der Waals surface area contributed by atoms with Crippen LogP contribution in [0, 0.1) is 0 Å². The lowest BCUT2D eigenvalue weighted by atomic mass is 9.84. The predicted octanol–water partition coefficient (Wildman–Crippen LogP) is 6.51. The Kier molecular flexibility index (Phi) is 6.20. The van der Waals surface area contributed by atoms with Crippen LogP contribution in [0.2, 0.25) is 10.0 Å². The number of thioether (sulfide) groups is 1. The number of aromatic nitrogens is 2. The molecule has 2 amide bonds. The van der Waals surface area contributed by atoms with E-state index in [4.69, 9.17) is 27.6 Å². The van der Waals surface area contributed by atoms with Gasteiger partial charge in [0.15, 0.2) is 15.3 Å². The summed E-state index contributed by atoms with van der Waals surface area (Å²) in [7, 11) is 0. The molecule has 0 saturated heterocycles. The van der Waals surface area contributed by atoms with Gasteiger partial charge in [-0.15, -0.1) is 10.2 Å². The van der Waals surface area contributed by atoms with Crippen molar-refractivity contribution in [1.29, 1.82) is 0 Å². The summed E-state index contributed by atoms with van der Waals surface area (Å²) in [5.41, 5.74) is 0.0284. The molecule has 4 heterocycles. The number of likely N-dealkylation sites (N-methyl/N-ethyl adjacent to an activating group) is 1. The fourth-order valence-electron chi connectivity index (χ4n) is 5.55. The van der Waals surface area contributed by atoms with Crippen molar-refractivity contribution in [2.24, 2.45) is 0 Å². The van der Waals surface area contributed by atoms with Crippen LogP contribution >= 0.6 is 46.3 Å². The Morgan fingerprint density at radius 1 is 1.00 bits per heavy atom. The van der Waals surface area contributed by atoms with Gasteiger partial charge in [-0.3, -0.25) is 19.3 Å². The van der Waals surface area contributed by atoms with Crippen molar-refractivity contribution in [3.8, 4) is 0 Å². The Morgan fingerprint density at radius 2 is 1.78 bits per heavy atom. The first-order valence-corrected chi connectivity index (χ1v) is 15.1. The standard InChI is InChI=1S/C29H18Cl2N4O4S2/c1-2-34-20-9-5-4-8-18(20)29(26(34)38)22-23(36)17-7-3-6-10-21(17)39-24(22)25(37)35(29)27-32-33-28(41-27)40-14-15-11-12-16(30)13-19(15)31/h3-13H,2,14H2,1H3. The molecule has 1 spiro atoms. The summed E-state index contributed by atoms with van der Waals surface area (Å²) in [6, 6.07) is 19.2. The first-order chi connectivity index (χ1) is 19.9. The van der Waals surface area contributed by atoms with Crippen LogP contribution in [0.1, 0.15) is 34.2 Å². The highest BCUT2D eigenvalue weighted by molar-refractivity contribution is 8.00. The molecular weight excluding hydrogens is 603 g/mol. The monoisotopic (exact) mass is 620 g/mol. The molecule has 12 heteroatoms. The third kappa shape index (κ3) is 3.71. The average Bonchev–Trinajstić information content (AvgIpc) is 3.61. The van der Waals surface area contributed by atoms with Crippen LogP contribution < -0.4 is 15.2 Å². The number of rotatable bonds is 5. The third-order valence-corrected chi connectivity index (χ3v) is 9.98. The van der Waals surface area contributed by atoms with Gasteiger partial charge >= 0.3 is 0 Å². The Morgan fingerprint density at radius 3 is 2.59 bits per heavy atom. The lowest BCUT2D eigenvalue weighted by molar-refractivity contribution is -0.121. The van der Waals surface area contributed by atoms with Crippen molar-refractivity contribution in [2.75, 3.05) is 16.3 Å². The zero-order valence-corrected chi connectivity index (χ0v) is 24.4. The molecule has 0 N–H and O–H groups in total. The molecule has 5 aromatic rings. The van der Waals surface area contributed by atoms with E-state index in [-0.39, 0.29) is 27.4 Å². The molecule has 2 aliphatic heterocycles. The number of hydrogen-bond acceptors (Lipinski definition) is 8. The van der Waals surface area contributed by atoms with E-state index in [9.17, 15) is 14.4 Å². The maximum Gasteiger partial charge on any atom is 0.297 e. The van der Waals surface area contributed by atoms with Crippen LogP contribution in [-0.4, -0.2) is 28.6 Å². The molecule has 0 radical (unpaired) electrons. The molecule has 1 unspecified atom stereocenters. The number of carbonyl (C=O) groups is 2. The number of fused-ring (bicyclic) bond motifs is 5. The van der Waals surface area contributed by atoms with E-state index in [1.54, 1.807) is 53.4 Å². The smallest absolute Gasteiger partial charge is 0.297 e. The van der Waals surface area contributed by atoms with Gasteiger partial charge in [0, 0.05) is 27.9 Å². The largest absolute Gasteiger partial charge is 0.450 e. The minimum atomic E-state index is -1.79. The summed E-state index contributed by atoms with van der Waals surface area (Å²) in [6.45, 7) is 2.19. The summed E-state index contributed by atoms with van der Waals surface area (Å²) >= 11 is 14.9. The van der Waals surface area contributed by atoms with Gasteiger partial charge in [-0.2, -0.15) is 0 Å². The molecule has 1 atom stereocenters. The zero-order chi connectivity index (χ0) is 28.5. The number of nitrogens with zero attached hydrogens (tertiary/aromatic N) is 4. The van der Waals surface area contributed by atoms with Crippen molar-refractivity contribution in [3.63, 3.8) is 0 Å². The van der Waals surface area contributed by atoms with Gasteiger partial charge in [0.1, 0.15) is 5.58 Å². The quantitative estimate of drug-likeness (QED) is 0.163. The second-order valence-electron chi connectivity index (χ2n) is 9.42. The topological polar surface area (TPSA) is 96.6 Å². The summed E-state index contributed by atoms with van der Waals surface area (Å²) in [5, 5.41) is 10.2. The van der Waals surface area contributed by atoms with Crippen LogP contribution in [0.4, 0.5) is 10.8 Å². The number of benzene rings is 3. The highest BCUT2D eigenvalue weighted by Gasteiger charge is 2.66. The first kappa shape index (κ1) is 26.2. The van der Waals surface area contributed by atoms with Gasteiger partial charge < -0.3 is 9.32 Å². The van der Waals surface area contributed by atoms with Gasteiger partial charge in [0.05, 0.1) is 16.6 Å². The molecule has 41 heavy (non-hydrogen) atoms. The third-order valence-electron chi connectivity index (χ3n) is 7.30. The van der Waals surface area contributed by atoms with Crippen LogP contribution in [0.3, 0.4) is 0 Å². The number of carbonyl (C=O) groups excluding carboxylic acids is 2. The molecule has 0 bridgehead atoms. The molecule has 8 nitrogen and oxygen atoms in total. The van der Waals surface area contributed by atoms with Crippen molar-refractivity contribution >= 4 is 79.9 Å².